The van der Waals surface area contributed by atoms with E-state index in [4.69, 9.17) is 4.74 Å². The summed E-state index contributed by atoms with van der Waals surface area (Å²) in [6.45, 7) is 3.67. The molecule has 2 saturated heterocycles. The number of aliphatic hydroxyl groups is 1. The second kappa shape index (κ2) is 8.73. The van der Waals surface area contributed by atoms with Gasteiger partial charge in [0.2, 0.25) is 0 Å². The number of benzene rings is 1. The number of rotatable bonds is 5. The Hall–Kier alpha value is -3.10. The Bertz CT molecular complexity index is 956. The number of carbonyl (C=O) groups is 2. The van der Waals surface area contributed by atoms with Gasteiger partial charge in [0.15, 0.2) is 0 Å². The molecular weight excluding hydrogens is 389 g/mol. The molecule has 0 radical (unpaired) electrons. The maximum atomic E-state index is 13.3. The molecule has 8 heteroatoms. The number of hydrogen-bond donors (Lipinski definition) is 1. The van der Waals surface area contributed by atoms with E-state index in [0.29, 0.717) is 32.0 Å². The highest BCUT2D eigenvalue weighted by atomic mass is 19.1. The summed E-state index contributed by atoms with van der Waals surface area (Å²) < 4.78 is 18.6. The molecule has 1 atom stereocenters. The lowest BCUT2D eigenvalue weighted by molar-refractivity contribution is -0.140. The Kier molecular flexibility index (Phi) is 5.87. The third kappa shape index (κ3) is 3.96. The van der Waals surface area contributed by atoms with Crippen molar-refractivity contribution in [3.05, 3.63) is 71.3 Å². The van der Waals surface area contributed by atoms with E-state index in [9.17, 15) is 19.1 Å². The van der Waals surface area contributed by atoms with Crippen molar-refractivity contribution in [2.45, 2.75) is 6.04 Å². The monoisotopic (exact) mass is 411 g/mol. The molecule has 0 bridgehead atoms. The maximum Gasteiger partial charge on any atom is 0.295 e. The Balaban J connectivity index is 1.71. The topological polar surface area (TPSA) is 83.0 Å². The van der Waals surface area contributed by atoms with Crippen molar-refractivity contribution in [1.82, 2.24) is 14.8 Å². The molecule has 7 nitrogen and oxygen atoms in total. The lowest BCUT2D eigenvalue weighted by Crippen LogP contribution is -2.42. The molecule has 2 aliphatic heterocycles. The molecule has 0 unspecified atom stereocenters. The van der Waals surface area contributed by atoms with Gasteiger partial charge in [-0.15, -0.1) is 0 Å². The molecule has 3 heterocycles. The summed E-state index contributed by atoms with van der Waals surface area (Å²) in [6.07, 6.45) is 1.58. The molecule has 4 rings (SSSR count). The molecule has 2 aliphatic rings. The number of nitrogens with zero attached hydrogens (tertiary/aromatic N) is 3. The molecular formula is C22H22FN3O4. The largest absolute Gasteiger partial charge is 0.507 e. The first-order chi connectivity index (χ1) is 14.6. The number of Topliss-reactive ketones (excluding diaryl/α,β-unsaturated/α-hetero) is 1. The fraction of sp³-hybridized carbons (Fsp3) is 0.318. The number of hydrogen-bond acceptors (Lipinski definition) is 6. The standard InChI is InChI=1S/C22H22FN3O4/c23-16-6-4-15(5-7-16)20(27)18-19(17-3-1-2-8-24-17)26(22(29)21(18)28)10-9-25-11-13-30-14-12-25/h1-8,19,27H,9-14H2/b20-18+/t19-/m0/s1. The van der Waals surface area contributed by atoms with E-state index in [2.05, 4.69) is 9.88 Å². The molecule has 1 N–H and O–H groups in total. The number of amides is 1. The average Bonchev–Trinajstić information content (AvgIpc) is 3.04. The smallest absolute Gasteiger partial charge is 0.295 e. The van der Waals surface area contributed by atoms with Crippen molar-refractivity contribution in [1.29, 1.82) is 0 Å². The van der Waals surface area contributed by atoms with E-state index in [1.165, 1.54) is 29.2 Å². The average molecular weight is 411 g/mol. The number of pyridine rings is 1. The Morgan fingerprint density at radius 2 is 1.83 bits per heavy atom. The zero-order valence-electron chi connectivity index (χ0n) is 16.3. The Labute approximate surface area is 173 Å². The van der Waals surface area contributed by atoms with Crippen LogP contribution in [0.2, 0.25) is 0 Å². The highest BCUT2D eigenvalue weighted by molar-refractivity contribution is 6.46. The van der Waals surface area contributed by atoms with E-state index < -0.39 is 23.5 Å². The van der Waals surface area contributed by atoms with Crippen molar-refractivity contribution >= 4 is 17.4 Å². The molecule has 156 valence electrons. The summed E-state index contributed by atoms with van der Waals surface area (Å²) >= 11 is 0. The predicted octanol–water partition coefficient (Wildman–Crippen LogP) is 1.97. The van der Waals surface area contributed by atoms with Crippen LogP contribution in [0, 0.1) is 5.82 Å². The summed E-state index contributed by atoms with van der Waals surface area (Å²) in [5.41, 5.74) is 0.720. The molecule has 30 heavy (non-hydrogen) atoms. The lowest BCUT2D eigenvalue weighted by Gasteiger charge is -2.30. The van der Waals surface area contributed by atoms with Crippen molar-refractivity contribution in [2.75, 3.05) is 39.4 Å². The normalized spacial score (nSPS) is 21.9. The van der Waals surface area contributed by atoms with E-state index >= 15 is 0 Å². The van der Waals surface area contributed by atoms with E-state index in [-0.39, 0.29) is 16.9 Å². The van der Waals surface area contributed by atoms with Crippen LogP contribution in [0.15, 0.2) is 54.2 Å². The summed E-state index contributed by atoms with van der Waals surface area (Å²) in [4.78, 5) is 33.7. The number of morpholine rings is 1. The molecule has 0 aliphatic carbocycles. The van der Waals surface area contributed by atoms with Gasteiger partial charge in [-0.05, 0) is 36.4 Å². The van der Waals surface area contributed by atoms with Crippen LogP contribution in [0.3, 0.4) is 0 Å². The van der Waals surface area contributed by atoms with Crippen molar-refractivity contribution in [3.8, 4) is 0 Å². The van der Waals surface area contributed by atoms with Gasteiger partial charge < -0.3 is 14.7 Å². The van der Waals surface area contributed by atoms with Crippen molar-refractivity contribution in [3.63, 3.8) is 0 Å². The van der Waals surface area contributed by atoms with Gasteiger partial charge in [-0.3, -0.25) is 19.5 Å². The third-order valence-electron chi connectivity index (χ3n) is 5.39. The van der Waals surface area contributed by atoms with Crippen LogP contribution in [-0.4, -0.2) is 71.0 Å². The van der Waals surface area contributed by atoms with Crippen LogP contribution in [0.25, 0.3) is 5.76 Å². The van der Waals surface area contributed by atoms with Gasteiger partial charge in [0, 0.05) is 37.9 Å². The quantitative estimate of drug-likeness (QED) is 0.460. The van der Waals surface area contributed by atoms with Gasteiger partial charge in [-0.2, -0.15) is 0 Å². The molecule has 1 aromatic carbocycles. The fourth-order valence-electron chi connectivity index (χ4n) is 3.79. The van der Waals surface area contributed by atoms with Crippen LogP contribution < -0.4 is 0 Å². The van der Waals surface area contributed by atoms with Gasteiger partial charge in [0.25, 0.3) is 11.7 Å². The van der Waals surface area contributed by atoms with Gasteiger partial charge >= 0.3 is 0 Å². The zero-order valence-corrected chi connectivity index (χ0v) is 16.3. The summed E-state index contributed by atoms with van der Waals surface area (Å²) in [6, 6.07) is 9.56. The molecule has 1 amide bonds. The van der Waals surface area contributed by atoms with Gasteiger partial charge in [0.1, 0.15) is 17.6 Å². The lowest BCUT2D eigenvalue weighted by atomic mass is 9.98. The number of likely N-dealkylation sites (tertiary alicyclic amines) is 1. The highest BCUT2D eigenvalue weighted by Crippen LogP contribution is 2.38. The third-order valence-corrected chi connectivity index (χ3v) is 5.39. The maximum absolute atomic E-state index is 13.3. The van der Waals surface area contributed by atoms with Crippen LogP contribution in [-0.2, 0) is 14.3 Å². The minimum Gasteiger partial charge on any atom is -0.507 e. The van der Waals surface area contributed by atoms with Crippen LogP contribution in [0.1, 0.15) is 17.3 Å². The number of ketones is 1. The fourth-order valence-corrected chi connectivity index (χ4v) is 3.79. The summed E-state index contributed by atoms with van der Waals surface area (Å²) in [5.74, 6) is -2.24. The van der Waals surface area contributed by atoms with E-state index in [1.807, 2.05) is 0 Å². The van der Waals surface area contributed by atoms with Crippen LogP contribution in [0.4, 0.5) is 4.39 Å². The SMILES string of the molecule is O=C1C(=O)N(CCN2CCOCC2)[C@@H](c2ccccn2)/C1=C(\O)c1ccc(F)cc1. The van der Waals surface area contributed by atoms with Gasteiger partial charge in [-0.25, -0.2) is 4.39 Å². The minimum atomic E-state index is -0.808. The first kappa shape index (κ1) is 20.2. The number of ether oxygens (including phenoxy) is 1. The van der Waals surface area contributed by atoms with Gasteiger partial charge in [-0.1, -0.05) is 6.07 Å². The summed E-state index contributed by atoms with van der Waals surface area (Å²) in [7, 11) is 0. The Morgan fingerprint density at radius 1 is 1.10 bits per heavy atom. The van der Waals surface area contributed by atoms with Crippen LogP contribution >= 0.6 is 0 Å². The zero-order chi connectivity index (χ0) is 21.1. The first-order valence-electron chi connectivity index (χ1n) is 9.81. The number of aliphatic hydroxyl groups excluding tert-OH is 1. The molecule has 2 aromatic rings. The van der Waals surface area contributed by atoms with Gasteiger partial charge in [0.05, 0.1) is 24.5 Å². The van der Waals surface area contributed by atoms with E-state index in [0.717, 1.165) is 13.1 Å². The Morgan fingerprint density at radius 3 is 2.50 bits per heavy atom. The number of aromatic nitrogens is 1. The molecule has 0 spiro atoms. The summed E-state index contributed by atoms with van der Waals surface area (Å²) in [5, 5.41) is 10.9. The van der Waals surface area contributed by atoms with Crippen LogP contribution in [0.5, 0.6) is 0 Å². The molecule has 2 fully saturated rings. The van der Waals surface area contributed by atoms with Crippen molar-refractivity contribution in [2.24, 2.45) is 0 Å². The number of halogens is 1. The second-order valence-corrected chi connectivity index (χ2v) is 7.21. The predicted molar refractivity (Wildman–Crippen MR) is 107 cm³/mol. The highest BCUT2D eigenvalue weighted by Gasteiger charge is 2.46. The van der Waals surface area contributed by atoms with Crippen molar-refractivity contribution < 1.29 is 23.8 Å². The first-order valence-corrected chi connectivity index (χ1v) is 9.81. The second-order valence-electron chi connectivity index (χ2n) is 7.21. The minimum absolute atomic E-state index is 0.0349. The molecule has 1 aromatic heterocycles. The molecule has 0 saturated carbocycles. The number of carbonyl (C=O) groups excluding carboxylic acids is 2. The van der Waals surface area contributed by atoms with E-state index in [1.54, 1.807) is 24.4 Å².